The molecule has 0 bridgehead atoms. The molecule has 0 fully saturated rings. The molecule has 0 aliphatic heterocycles. The summed E-state index contributed by atoms with van der Waals surface area (Å²) in [5, 5.41) is 2.68. The van der Waals surface area contributed by atoms with Gasteiger partial charge in [-0.3, -0.25) is 13.9 Å². The maximum Gasteiger partial charge on any atom is 0.264 e. The van der Waals surface area contributed by atoms with E-state index < -0.39 is 34.3 Å². The van der Waals surface area contributed by atoms with Gasteiger partial charge in [-0.2, -0.15) is 0 Å². The fourth-order valence-electron chi connectivity index (χ4n) is 4.84. The lowest BCUT2D eigenvalue weighted by molar-refractivity contribution is -0.140. The van der Waals surface area contributed by atoms with Crippen molar-refractivity contribution in [1.29, 1.82) is 0 Å². The third-order valence-corrected chi connectivity index (χ3v) is 9.44. The number of hydrogen-bond donors (Lipinski definition) is 1. The second-order valence-electron chi connectivity index (χ2n) is 11.2. The molecule has 7 nitrogen and oxygen atoms in total. The minimum Gasteiger partial charge on any atom is -0.354 e. The molecule has 0 unspecified atom stereocenters. The molecule has 0 heterocycles. The van der Waals surface area contributed by atoms with Crippen LogP contribution in [0.15, 0.2) is 108 Å². The van der Waals surface area contributed by atoms with Crippen molar-refractivity contribution in [1.82, 2.24) is 10.2 Å². The Morgan fingerprint density at radius 2 is 1.51 bits per heavy atom. The summed E-state index contributed by atoms with van der Waals surface area (Å²) in [6, 6.07) is 27.1. The van der Waals surface area contributed by atoms with Gasteiger partial charge in [0.1, 0.15) is 18.4 Å². The first-order valence-electron chi connectivity index (χ1n) is 14.7. The van der Waals surface area contributed by atoms with Crippen molar-refractivity contribution in [2.45, 2.75) is 44.7 Å². The Hall–Kier alpha value is -4.21. The lowest BCUT2D eigenvalue weighted by Crippen LogP contribution is -2.53. The van der Waals surface area contributed by atoms with Gasteiger partial charge in [0.25, 0.3) is 10.0 Å². The van der Waals surface area contributed by atoms with Crippen molar-refractivity contribution in [3.8, 4) is 0 Å². The Bertz CT molecular complexity index is 1720. The smallest absolute Gasteiger partial charge is 0.264 e. The van der Waals surface area contributed by atoms with Gasteiger partial charge in [0.15, 0.2) is 0 Å². The van der Waals surface area contributed by atoms with Crippen LogP contribution >= 0.6 is 11.6 Å². The third kappa shape index (κ3) is 8.71. The number of halogens is 2. The number of sulfonamides is 1. The zero-order valence-corrected chi connectivity index (χ0v) is 27.1. The highest BCUT2D eigenvalue weighted by Crippen LogP contribution is 2.28. The number of hydrogen-bond acceptors (Lipinski definition) is 4. The van der Waals surface area contributed by atoms with Crippen LogP contribution in [0.2, 0.25) is 5.02 Å². The van der Waals surface area contributed by atoms with Crippen LogP contribution in [0.4, 0.5) is 10.1 Å². The maximum atomic E-state index is 14.5. The molecule has 45 heavy (non-hydrogen) atoms. The van der Waals surface area contributed by atoms with E-state index in [2.05, 4.69) is 5.32 Å². The average molecular weight is 650 g/mol. The van der Waals surface area contributed by atoms with Crippen LogP contribution in [0.1, 0.15) is 30.5 Å². The van der Waals surface area contributed by atoms with Gasteiger partial charge in [-0.15, -0.1) is 0 Å². The van der Waals surface area contributed by atoms with E-state index in [-0.39, 0.29) is 40.4 Å². The van der Waals surface area contributed by atoms with Crippen LogP contribution in [-0.2, 0) is 32.6 Å². The van der Waals surface area contributed by atoms with Gasteiger partial charge in [0, 0.05) is 19.5 Å². The van der Waals surface area contributed by atoms with Gasteiger partial charge >= 0.3 is 0 Å². The van der Waals surface area contributed by atoms with Crippen LogP contribution in [0.3, 0.4) is 0 Å². The molecule has 0 aliphatic carbocycles. The predicted octanol–water partition coefficient (Wildman–Crippen LogP) is 6.40. The van der Waals surface area contributed by atoms with Crippen molar-refractivity contribution >= 4 is 39.1 Å². The van der Waals surface area contributed by atoms with Crippen molar-refractivity contribution in [2.75, 3.05) is 17.4 Å². The van der Waals surface area contributed by atoms with Crippen molar-refractivity contribution in [3.63, 3.8) is 0 Å². The van der Waals surface area contributed by atoms with E-state index in [9.17, 15) is 22.4 Å². The number of nitrogens with one attached hydrogen (secondary N) is 1. The summed E-state index contributed by atoms with van der Waals surface area (Å²) < 4.78 is 43.1. The van der Waals surface area contributed by atoms with E-state index in [1.807, 2.05) is 75.4 Å². The highest BCUT2D eigenvalue weighted by atomic mass is 35.5. The lowest BCUT2D eigenvalue weighted by Gasteiger charge is -2.34. The minimum absolute atomic E-state index is 0.0123. The van der Waals surface area contributed by atoms with Gasteiger partial charge in [0.05, 0.1) is 15.6 Å². The maximum absolute atomic E-state index is 14.5. The Labute approximate surface area is 269 Å². The molecule has 4 aromatic carbocycles. The standard InChI is InChI=1S/C35H37ClFN3O4S/c1-25(2)22-38-35(42)33(20-27-13-6-4-7-14-27)39(23-28-15-11-10-12-26(28)3)34(41)24-40(29-18-19-32(37)31(36)21-29)45(43,44)30-16-8-5-9-17-30/h4-19,21,25,33H,20,22-24H2,1-3H3,(H,38,42)/t33-/m1/s1. The predicted molar refractivity (Wildman–Crippen MR) is 176 cm³/mol. The topological polar surface area (TPSA) is 86.8 Å². The molecule has 1 N–H and O–H groups in total. The fraction of sp³-hybridized carbons (Fsp3) is 0.257. The minimum atomic E-state index is -4.32. The summed E-state index contributed by atoms with van der Waals surface area (Å²) in [5.74, 6) is -1.52. The van der Waals surface area contributed by atoms with Crippen LogP contribution < -0.4 is 9.62 Å². The molecule has 10 heteroatoms. The second kappa shape index (κ2) is 15.2. The largest absolute Gasteiger partial charge is 0.354 e. The zero-order valence-electron chi connectivity index (χ0n) is 25.5. The lowest BCUT2D eigenvalue weighted by atomic mass is 10.0. The SMILES string of the molecule is Cc1ccccc1CN(C(=O)CN(c1ccc(F)c(Cl)c1)S(=O)(=O)c1ccccc1)[C@H](Cc1ccccc1)C(=O)NCC(C)C. The molecule has 2 amide bonds. The quantitative estimate of drug-likeness (QED) is 0.182. The number of carbonyl (C=O) groups is 2. The molecule has 1 atom stereocenters. The van der Waals surface area contributed by atoms with Crippen LogP contribution in [0.25, 0.3) is 0 Å². The summed E-state index contributed by atoms with van der Waals surface area (Å²) >= 11 is 6.08. The number of aryl methyl sites for hydroxylation is 1. The van der Waals surface area contributed by atoms with Crippen molar-refractivity contribution in [3.05, 3.63) is 131 Å². The Kier molecular flexibility index (Phi) is 11.4. The number of anilines is 1. The van der Waals surface area contributed by atoms with Gasteiger partial charge in [0.2, 0.25) is 11.8 Å². The zero-order chi connectivity index (χ0) is 32.6. The van der Waals surface area contributed by atoms with E-state index in [1.165, 1.54) is 29.2 Å². The summed E-state index contributed by atoms with van der Waals surface area (Å²) in [6.07, 6.45) is 0.205. The molecule has 0 spiro atoms. The highest BCUT2D eigenvalue weighted by Gasteiger charge is 2.35. The van der Waals surface area contributed by atoms with Crippen LogP contribution in [-0.4, -0.2) is 44.3 Å². The van der Waals surface area contributed by atoms with E-state index in [1.54, 1.807) is 18.2 Å². The Morgan fingerprint density at radius 3 is 2.13 bits per heavy atom. The first-order chi connectivity index (χ1) is 21.5. The third-order valence-electron chi connectivity index (χ3n) is 7.36. The second-order valence-corrected chi connectivity index (χ2v) is 13.5. The first kappa shape index (κ1) is 33.7. The number of benzene rings is 4. The van der Waals surface area contributed by atoms with Gasteiger partial charge < -0.3 is 10.2 Å². The summed E-state index contributed by atoms with van der Waals surface area (Å²) in [4.78, 5) is 29.7. The molecule has 0 aromatic heterocycles. The summed E-state index contributed by atoms with van der Waals surface area (Å²) in [6.45, 7) is 5.66. The molecular formula is C35H37ClFN3O4S. The monoisotopic (exact) mass is 649 g/mol. The first-order valence-corrected chi connectivity index (χ1v) is 16.5. The van der Waals surface area contributed by atoms with E-state index >= 15 is 0 Å². The number of carbonyl (C=O) groups excluding carboxylic acids is 2. The number of nitrogens with zero attached hydrogens (tertiary/aromatic N) is 2. The Morgan fingerprint density at radius 1 is 0.889 bits per heavy atom. The normalized spacial score (nSPS) is 12.0. The average Bonchev–Trinajstić information content (AvgIpc) is 3.03. The van der Waals surface area contributed by atoms with Gasteiger partial charge in [-0.1, -0.05) is 98.2 Å². The fourth-order valence-corrected chi connectivity index (χ4v) is 6.44. The molecule has 236 valence electrons. The van der Waals surface area contributed by atoms with E-state index in [0.29, 0.717) is 6.54 Å². The molecule has 0 aliphatic rings. The summed E-state index contributed by atoms with van der Waals surface area (Å²) in [5.41, 5.74) is 2.57. The Balaban J connectivity index is 1.82. The molecule has 4 rings (SSSR count). The van der Waals surface area contributed by atoms with Gasteiger partial charge in [-0.25, -0.2) is 12.8 Å². The van der Waals surface area contributed by atoms with Crippen LogP contribution in [0, 0.1) is 18.7 Å². The van der Waals surface area contributed by atoms with Gasteiger partial charge in [-0.05, 0) is 59.9 Å². The van der Waals surface area contributed by atoms with Crippen LogP contribution in [0.5, 0.6) is 0 Å². The molecule has 0 radical (unpaired) electrons. The molecule has 0 saturated heterocycles. The number of amides is 2. The number of rotatable bonds is 13. The highest BCUT2D eigenvalue weighted by molar-refractivity contribution is 7.92. The van der Waals surface area contributed by atoms with Crippen molar-refractivity contribution < 1.29 is 22.4 Å². The summed E-state index contributed by atoms with van der Waals surface area (Å²) in [7, 11) is -4.32. The van der Waals surface area contributed by atoms with E-state index in [0.717, 1.165) is 27.1 Å². The van der Waals surface area contributed by atoms with Crippen molar-refractivity contribution in [2.24, 2.45) is 5.92 Å². The molecule has 4 aromatic rings. The molecule has 0 saturated carbocycles. The molecular weight excluding hydrogens is 613 g/mol. The van der Waals surface area contributed by atoms with E-state index in [4.69, 9.17) is 11.6 Å².